The molecule has 3 aliphatic rings. The van der Waals surface area contributed by atoms with Crippen molar-refractivity contribution in [3.63, 3.8) is 0 Å². The van der Waals surface area contributed by atoms with Crippen molar-refractivity contribution < 1.29 is 14.3 Å². The van der Waals surface area contributed by atoms with E-state index in [0.29, 0.717) is 23.3 Å². The number of hydrogen-bond acceptors (Lipinski definition) is 4. The van der Waals surface area contributed by atoms with E-state index in [1.54, 1.807) is 7.11 Å². The number of amides is 2. The third-order valence-corrected chi connectivity index (χ3v) is 6.80. The Morgan fingerprint density at radius 1 is 0.931 bits per heavy atom. The fraction of sp³-hybridized carbons (Fsp3) is 0.652. The first kappa shape index (κ1) is 20.2. The molecule has 0 radical (unpaired) electrons. The summed E-state index contributed by atoms with van der Waals surface area (Å²) in [6, 6.07) is 7.88. The van der Waals surface area contributed by atoms with E-state index < -0.39 is 0 Å². The van der Waals surface area contributed by atoms with Gasteiger partial charge >= 0.3 is 0 Å². The highest BCUT2D eigenvalue weighted by atomic mass is 16.5. The second-order valence-electron chi connectivity index (χ2n) is 8.62. The smallest absolute Gasteiger partial charge is 0.253 e. The van der Waals surface area contributed by atoms with Crippen LogP contribution < -0.4 is 4.74 Å². The minimum absolute atomic E-state index is 0.0862. The van der Waals surface area contributed by atoms with Crippen molar-refractivity contribution in [3.05, 3.63) is 29.8 Å². The van der Waals surface area contributed by atoms with Gasteiger partial charge in [-0.3, -0.25) is 14.5 Å². The van der Waals surface area contributed by atoms with E-state index in [9.17, 15) is 9.59 Å². The Labute approximate surface area is 173 Å². The predicted octanol–water partition coefficient (Wildman–Crippen LogP) is 2.63. The highest BCUT2D eigenvalue weighted by Gasteiger charge is 2.34. The van der Waals surface area contributed by atoms with E-state index in [-0.39, 0.29) is 11.8 Å². The van der Waals surface area contributed by atoms with Gasteiger partial charge in [0.05, 0.1) is 13.0 Å². The van der Waals surface area contributed by atoms with Crippen LogP contribution >= 0.6 is 0 Å². The number of nitrogens with zero attached hydrogens (tertiary/aromatic N) is 3. The Hall–Kier alpha value is -2.08. The molecule has 0 bridgehead atoms. The Balaban J connectivity index is 1.30. The first-order valence-electron chi connectivity index (χ1n) is 11.1. The van der Waals surface area contributed by atoms with E-state index >= 15 is 0 Å². The number of piperidine rings is 2. The molecule has 0 spiro atoms. The van der Waals surface area contributed by atoms with Gasteiger partial charge in [0.1, 0.15) is 5.75 Å². The van der Waals surface area contributed by atoms with Crippen LogP contribution in [0.3, 0.4) is 0 Å². The fourth-order valence-corrected chi connectivity index (χ4v) is 5.11. The molecule has 3 saturated heterocycles. The molecule has 0 aliphatic carbocycles. The highest BCUT2D eigenvalue weighted by Crippen LogP contribution is 2.27. The monoisotopic (exact) mass is 399 g/mol. The number of carbonyl (C=O) groups is 2. The van der Waals surface area contributed by atoms with E-state index in [2.05, 4.69) is 9.80 Å². The van der Waals surface area contributed by atoms with Gasteiger partial charge in [-0.15, -0.1) is 0 Å². The van der Waals surface area contributed by atoms with Gasteiger partial charge in [-0.05, 0) is 63.3 Å². The van der Waals surface area contributed by atoms with Gasteiger partial charge in [-0.2, -0.15) is 0 Å². The summed E-state index contributed by atoms with van der Waals surface area (Å²) < 4.78 is 5.25. The normalized spacial score (nSPS) is 24.0. The first-order chi connectivity index (χ1) is 14.2. The third kappa shape index (κ3) is 4.58. The molecule has 1 atom stereocenters. The second-order valence-corrected chi connectivity index (χ2v) is 8.62. The maximum atomic E-state index is 12.8. The van der Waals surface area contributed by atoms with Gasteiger partial charge in [0.2, 0.25) is 5.91 Å². The van der Waals surface area contributed by atoms with Crippen LogP contribution in [-0.4, -0.2) is 78.9 Å². The van der Waals surface area contributed by atoms with Gasteiger partial charge in [0, 0.05) is 44.3 Å². The van der Waals surface area contributed by atoms with Gasteiger partial charge in [-0.25, -0.2) is 0 Å². The minimum Gasteiger partial charge on any atom is -0.497 e. The molecule has 158 valence electrons. The maximum absolute atomic E-state index is 12.8. The molecule has 6 heteroatoms. The van der Waals surface area contributed by atoms with Crippen molar-refractivity contribution in [2.24, 2.45) is 5.92 Å². The number of rotatable bonds is 4. The summed E-state index contributed by atoms with van der Waals surface area (Å²) in [7, 11) is 1.62. The van der Waals surface area contributed by atoms with Crippen molar-refractivity contribution in [1.29, 1.82) is 0 Å². The Morgan fingerprint density at radius 2 is 1.69 bits per heavy atom. The SMILES string of the molecule is COc1cccc(C(=O)N2CCC(N3CCCC(C(=O)N4CCCC4)C3)CC2)c1. The van der Waals surface area contributed by atoms with E-state index in [4.69, 9.17) is 4.74 Å². The van der Waals surface area contributed by atoms with Crippen LogP contribution in [0, 0.1) is 5.92 Å². The molecule has 4 rings (SSSR count). The summed E-state index contributed by atoms with van der Waals surface area (Å²) in [6.45, 7) is 5.42. The molecule has 0 saturated carbocycles. The molecule has 3 aliphatic heterocycles. The Bertz CT molecular complexity index is 724. The van der Waals surface area contributed by atoms with Crippen LogP contribution in [0.1, 0.15) is 48.9 Å². The van der Waals surface area contributed by atoms with Crippen molar-refractivity contribution in [2.45, 2.75) is 44.6 Å². The topological polar surface area (TPSA) is 53.1 Å². The number of benzene rings is 1. The van der Waals surface area contributed by atoms with Gasteiger partial charge in [0.25, 0.3) is 5.91 Å². The number of likely N-dealkylation sites (tertiary alicyclic amines) is 3. The molecule has 1 aromatic carbocycles. The van der Waals surface area contributed by atoms with Crippen LogP contribution in [-0.2, 0) is 4.79 Å². The summed E-state index contributed by atoms with van der Waals surface area (Å²) in [4.78, 5) is 32.2. The molecule has 3 fully saturated rings. The average molecular weight is 400 g/mol. The zero-order chi connectivity index (χ0) is 20.2. The Morgan fingerprint density at radius 3 is 2.41 bits per heavy atom. The molecule has 1 aromatic rings. The van der Waals surface area contributed by atoms with E-state index in [1.807, 2.05) is 29.2 Å². The largest absolute Gasteiger partial charge is 0.497 e. The summed E-state index contributed by atoms with van der Waals surface area (Å²) in [5, 5.41) is 0. The lowest BCUT2D eigenvalue weighted by atomic mass is 9.92. The predicted molar refractivity (Wildman–Crippen MR) is 112 cm³/mol. The quantitative estimate of drug-likeness (QED) is 0.781. The molecule has 6 nitrogen and oxygen atoms in total. The van der Waals surface area contributed by atoms with Crippen LogP contribution in [0.15, 0.2) is 24.3 Å². The summed E-state index contributed by atoms with van der Waals surface area (Å²) in [5.74, 6) is 1.34. The van der Waals surface area contributed by atoms with Gasteiger partial charge in [0.15, 0.2) is 0 Å². The molecular weight excluding hydrogens is 366 g/mol. The lowest BCUT2D eigenvalue weighted by Crippen LogP contribution is -2.51. The molecular formula is C23H33N3O3. The zero-order valence-electron chi connectivity index (χ0n) is 17.5. The summed E-state index contributed by atoms with van der Waals surface area (Å²) in [5.41, 5.74) is 0.692. The fourth-order valence-electron chi connectivity index (χ4n) is 5.11. The van der Waals surface area contributed by atoms with Crippen LogP contribution in [0.25, 0.3) is 0 Å². The van der Waals surface area contributed by atoms with Crippen molar-refractivity contribution in [2.75, 3.05) is 46.4 Å². The molecule has 2 amide bonds. The molecule has 1 unspecified atom stereocenters. The van der Waals surface area contributed by atoms with Gasteiger partial charge in [-0.1, -0.05) is 6.07 Å². The van der Waals surface area contributed by atoms with Crippen molar-refractivity contribution in [3.8, 4) is 5.75 Å². The summed E-state index contributed by atoms with van der Waals surface area (Å²) in [6.07, 6.45) is 6.41. The number of hydrogen-bond donors (Lipinski definition) is 0. The third-order valence-electron chi connectivity index (χ3n) is 6.80. The number of ether oxygens (including phenoxy) is 1. The van der Waals surface area contributed by atoms with Crippen LogP contribution in [0.4, 0.5) is 0 Å². The van der Waals surface area contributed by atoms with E-state index in [1.165, 1.54) is 0 Å². The van der Waals surface area contributed by atoms with Crippen LogP contribution in [0.5, 0.6) is 5.75 Å². The first-order valence-corrected chi connectivity index (χ1v) is 11.1. The van der Waals surface area contributed by atoms with Crippen LogP contribution in [0.2, 0.25) is 0 Å². The highest BCUT2D eigenvalue weighted by molar-refractivity contribution is 5.94. The van der Waals surface area contributed by atoms with Gasteiger partial charge < -0.3 is 14.5 Å². The van der Waals surface area contributed by atoms with Crippen molar-refractivity contribution >= 4 is 11.8 Å². The average Bonchev–Trinajstić information content (AvgIpc) is 3.33. The summed E-state index contributed by atoms with van der Waals surface area (Å²) >= 11 is 0. The molecule has 0 aromatic heterocycles. The molecule has 3 heterocycles. The number of methoxy groups -OCH3 is 1. The van der Waals surface area contributed by atoms with Crippen molar-refractivity contribution in [1.82, 2.24) is 14.7 Å². The lowest BCUT2D eigenvalue weighted by molar-refractivity contribution is -0.136. The lowest BCUT2D eigenvalue weighted by Gasteiger charge is -2.42. The minimum atomic E-state index is 0.0862. The number of carbonyl (C=O) groups excluding carboxylic acids is 2. The standard InChI is InChI=1S/C23H33N3O3/c1-29-21-8-4-6-18(16-21)22(27)25-14-9-20(10-15-25)26-13-5-7-19(17-26)23(28)24-11-2-3-12-24/h4,6,8,16,19-20H,2-3,5,7,9-15,17H2,1H3. The van der Waals surface area contributed by atoms with E-state index in [0.717, 1.165) is 77.8 Å². The zero-order valence-corrected chi connectivity index (χ0v) is 17.5. The maximum Gasteiger partial charge on any atom is 0.253 e. The molecule has 0 N–H and O–H groups in total. The Kier molecular flexibility index (Phi) is 6.38. The molecule has 29 heavy (non-hydrogen) atoms. The second kappa shape index (κ2) is 9.16.